The van der Waals surface area contributed by atoms with Crippen molar-refractivity contribution >= 4 is 17.4 Å². The van der Waals surface area contributed by atoms with Gasteiger partial charge in [0.25, 0.3) is 0 Å². The van der Waals surface area contributed by atoms with Crippen LogP contribution in [0.15, 0.2) is 42.6 Å². The van der Waals surface area contributed by atoms with Gasteiger partial charge in [0.1, 0.15) is 5.82 Å². The van der Waals surface area contributed by atoms with E-state index in [1.165, 1.54) is 56.1 Å². The number of halogens is 1. The molecular formula is C19H23ClN2. The predicted molar refractivity (Wildman–Crippen MR) is 94.4 cm³/mol. The highest BCUT2D eigenvalue weighted by molar-refractivity contribution is 6.30. The molecule has 1 aliphatic carbocycles. The number of benzene rings is 1. The van der Waals surface area contributed by atoms with E-state index in [2.05, 4.69) is 28.5 Å². The van der Waals surface area contributed by atoms with Crippen LogP contribution in [0.1, 0.15) is 44.9 Å². The molecule has 1 heterocycles. The summed E-state index contributed by atoms with van der Waals surface area (Å²) < 4.78 is 0. The third-order valence-corrected chi connectivity index (χ3v) is 4.65. The Kier molecular flexibility index (Phi) is 5.33. The Morgan fingerprint density at radius 1 is 0.864 bits per heavy atom. The number of hydrogen-bond donors (Lipinski definition) is 1. The van der Waals surface area contributed by atoms with Gasteiger partial charge in [0.15, 0.2) is 0 Å². The van der Waals surface area contributed by atoms with E-state index in [4.69, 9.17) is 11.6 Å². The molecule has 2 nitrogen and oxygen atoms in total. The van der Waals surface area contributed by atoms with Gasteiger partial charge in [-0.3, -0.25) is 0 Å². The van der Waals surface area contributed by atoms with Crippen LogP contribution in [0.3, 0.4) is 0 Å². The summed E-state index contributed by atoms with van der Waals surface area (Å²) in [5.41, 5.74) is 2.35. The smallest absolute Gasteiger partial charge is 0.126 e. The number of rotatable bonds is 3. The molecule has 1 aromatic carbocycles. The quantitative estimate of drug-likeness (QED) is 0.759. The molecule has 1 fully saturated rings. The minimum absolute atomic E-state index is 0.563. The molecule has 0 unspecified atom stereocenters. The number of hydrogen-bond acceptors (Lipinski definition) is 2. The van der Waals surface area contributed by atoms with E-state index in [0.29, 0.717) is 6.04 Å². The summed E-state index contributed by atoms with van der Waals surface area (Å²) in [5, 5.41) is 4.40. The van der Waals surface area contributed by atoms with Crippen LogP contribution < -0.4 is 5.32 Å². The monoisotopic (exact) mass is 314 g/mol. The molecule has 0 saturated heterocycles. The fourth-order valence-corrected chi connectivity index (χ4v) is 3.27. The Morgan fingerprint density at radius 3 is 2.27 bits per heavy atom. The second-order valence-corrected chi connectivity index (χ2v) is 6.56. The summed E-state index contributed by atoms with van der Waals surface area (Å²) in [6.45, 7) is 0. The molecule has 1 N–H and O–H groups in total. The molecule has 0 aliphatic heterocycles. The molecule has 0 amide bonds. The van der Waals surface area contributed by atoms with Crippen LogP contribution in [0, 0.1) is 0 Å². The van der Waals surface area contributed by atoms with Gasteiger partial charge in [-0.1, -0.05) is 55.8 Å². The molecule has 2 aromatic rings. The van der Waals surface area contributed by atoms with Crippen molar-refractivity contribution in [1.29, 1.82) is 0 Å². The van der Waals surface area contributed by atoms with Crippen LogP contribution in [-0.4, -0.2) is 11.0 Å². The maximum absolute atomic E-state index is 5.96. The van der Waals surface area contributed by atoms with Gasteiger partial charge < -0.3 is 5.32 Å². The fourth-order valence-electron chi connectivity index (χ4n) is 3.14. The number of pyridine rings is 1. The Hall–Kier alpha value is -1.54. The first-order chi connectivity index (χ1) is 10.8. The summed E-state index contributed by atoms with van der Waals surface area (Å²) in [6, 6.07) is 12.7. The van der Waals surface area contributed by atoms with Gasteiger partial charge in [-0.05, 0) is 48.2 Å². The third-order valence-electron chi connectivity index (χ3n) is 4.39. The van der Waals surface area contributed by atoms with Crippen molar-refractivity contribution in [2.75, 3.05) is 5.32 Å². The first-order valence-corrected chi connectivity index (χ1v) is 8.67. The minimum Gasteiger partial charge on any atom is -0.367 e. The normalized spacial score (nSPS) is 16.8. The number of anilines is 1. The van der Waals surface area contributed by atoms with Crippen LogP contribution >= 0.6 is 11.6 Å². The van der Waals surface area contributed by atoms with Gasteiger partial charge in [-0.25, -0.2) is 4.98 Å². The average Bonchev–Trinajstić information content (AvgIpc) is 2.51. The van der Waals surface area contributed by atoms with E-state index < -0.39 is 0 Å². The zero-order valence-electron chi connectivity index (χ0n) is 12.9. The van der Waals surface area contributed by atoms with Crippen LogP contribution in [0.4, 0.5) is 5.82 Å². The highest BCUT2D eigenvalue weighted by atomic mass is 35.5. The van der Waals surface area contributed by atoms with Crippen LogP contribution in [0.25, 0.3) is 11.1 Å². The summed E-state index contributed by atoms with van der Waals surface area (Å²) in [4.78, 5) is 4.49. The average molecular weight is 315 g/mol. The van der Waals surface area contributed by atoms with Crippen molar-refractivity contribution in [2.24, 2.45) is 0 Å². The third kappa shape index (κ3) is 4.23. The van der Waals surface area contributed by atoms with Gasteiger partial charge in [-0.2, -0.15) is 0 Å². The van der Waals surface area contributed by atoms with Gasteiger partial charge in [0.2, 0.25) is 0 Å². The van der Waals surface area contributed by atoms with E-state index >= 15 is 0 Å². The standard InChI is InChI=1S/C19H23ClN2/c20-17-10-8-15(9-11-17)16-12-13-21-19(14-16)22-18-6-4-2-1-3-5-7-18/h8-14,18H,1-7H2,(H,21,22). The molecule has 0 radical (unpaired) electrons. The number of aromatic nitrogens is 1. The zero-order chi connectivity index (χ0) is 15.2. The summed E-state index contributed by atoms with van der Waals surface area (Å²) in [7, 11) is 0. The first kappa shape index (κ1) is 15.4. The largest absolute Gasteiger partial charge is 0.367 e. The van der Waals surface area contributed by atoms with E-state index in [1.54, 1.807) is 0 Å². The van der Waals surface area contributed by atoms with Crippen LogP contribution in [0.2, 0.25) is 5.02 Å². The summed E-state index contributed by atoms with van der Waals surface area (Å²) >= 11 is 5.96. The zero-order valence-corrected chi connectivity index (χ0v) is 13.6. The van der Waals surface area contributed by atoms with E-state index in [9.17, 15) is 0 Å². The molecule has 116 valence electrons. The van der Waals surface area contributed by atoms with Gasteiger partial charge in [0.05, 0.1) is 0 Å². The van der Waals surface area contributed by atoms with Crippen molar-refractivity contribution in [1.82, 2.24) is 4.98 Å². The molecule has 1 aliphatic rings. The maximum atomic E-state index is 5.96. The van der Waals surface area contributed by atoms with Gasteiger partial charge in [-0.15, -0.1) is 0 Å². The predicted octanol–water partition coefficient (Wildman–Crippen LogP) is 5.93. The molecular weight excluding hydrogens is 292 g/mol. The second kappa shape index (κ2) is 7.64. The van der Waals surface area contributed by atoms with Crippen molar-refractivity contribution in [3.05, 3.63) is 47.6 Å². The van der Waals surface area contributed by atoms with Gasteiger partial charge >= 0.3 is 0 Å². The maximum Gasteiger partial charge on any atom is 0.126 e. The Labute approximate surface area is 137 Å². The Morgan fingerprint density at radius 2 is 1.55 bits per heavy atom. The Bertz CT molecular complexity index is 587. The van der Waals surface area contributed by atoms with E-state index in [0.717, 1.165) is 10.8 Å². The molecule has 0 atom stereocenters. The minimum atomic E-state index is 0.563. The van der Waals surface area contributed by atoms with Crippen molar-refractivity contribution in [3.63, 3.8) is 0 Å². The lowest BCUT2D eigenvalue weighted by Gasteiger charge is -2.21. The van der Waals surface area contributed by atoms with Crippen LogP contribution in [-0.2, 0) is 0 Å². The highest BCUT2D eigenvalue weighted by Gasteiger charge is 2.12. The summed E-state index contributed by atoms with van der Waals surface area (Å²) in [5.74, 6) is 0.984. The molecule has 1 saturated carbocycles. The molecule has 22 heavy (non-hydrogen) atoms. The highest BCUT2D eigenvalue weighted by Crippen LogP contribution is 2.25. The second-order valence-electron chi connectivity index (χ2n) is 6.12. The summed E-state index contributed by atoms with van der Waals surface area (Å²) in [6.07, 6.45) is 11.2. The Balaban J connectivity index is 1.71. The number of nitrogens with zero attached hydrogens (tertiary/aromatic N) is 1. The van der Waals surface area contributed by atoms with E-state index in [-0.39, 0.29) is 0 Å². The van der Waals surface area contributed by atoms with Crippen molar-refractivity contribution < 1.29 is 0 Å². The molecule has 0 bridgehead atoms. The molecule has 3 heteroatoms. The first-order valence-electron chi connectivity index (χ1n) is 8.30. The molecule has 3 rings (SSSR count). The lowest BCUT2D eigenvalue weighted by molar-refractivity contribution is 0.471. The molecule has 1 aromatic heterocycles. The van der Waals surface area contributed by atoms with E-state index in [1.807, 2.05) is 24.4 Å². The SMILES string of the molecule is Clc1ccc(-c2ccnc(NC3CCCCCCC3)c2)cc1. The molecule has 0 spiro atoms. The topological polar surface area (TPSA) is 24.9 Å². The number of nitrogens with one attached hydrogen (secondary N) is 1. The van der Waals surface area contributed by atoms with Crippen molar-refractivity contribution in [3.8, 4) is 11.1 Å². The van der Waals surface area contributed by atoms with Gasteiger partial charge in [0, 0.05) is 17.3 Å². The van der Waals surface area contributed by atoms with Crippen molar-refractivity contribution in [2.45, 2.75) is 51.0 Å². The van der Waals surface area contributed by atoms with Crippen LogP contribution in [0.5, 0.6) is 0 Å². The lowest BCUT2D eigenvalue weighted by Crippen LogP contribution is -2.21. The fraction of sp³-hybridized carbons (Fsp3) is 0.421. The lowest BCUT2D eigenvalue weighted by atomic mass is 9.96.